The first-order chi connectivity index (χ1) is 21.9. The molecule has 5 aliphatic rings. The van der Waals surface area contributed by atoms with Crippen LogP contribution in [-0.2, 0) is 5.41 Å². The number of aromatic hydroxyl groups is 1. The zero-order valence-corrected chi connectivity index (χ0v) is 27.7. The van der Waals surface area contributed by atoms with E-state index in [1.165, 1.54) is 38.5 Å². The summed E-state index contributed by atoms with van der Waals surface area (Å²) in [5.41, 5.74) is 4.07. The monoisotopic (exact) mass is 621 g/mol. The molecule has 4 aliphatic carbocycles. The lowest BCUT2D eigenvalue weighted by molar-refractivity contribution is -0.0629. The Morgan fingerprint density at radius 1 is 0.870 bits per heavy atom. The van der Waals surface area contributed by atoms with Gasteiger partial charge in [0.1, 0.15) is 5.75 Å². The first-order valence-electron chi connectivity index (χ1n) is 17.0. The summed E-state index contributed by atoms with van der Waals surface area (Å²) in [5, 5.41) is 18.9. The lowest BCUT2D eigenvalue weighted by Crippen LogP contribution is -2.51. The SMILES string of the molecule is CN(CC12CC3CC(CC(C3)C1)C2)C(=O)c1ccc(N2CCN(C(=O)c3cc(-c4cccc(O)c4)cc(C(C)(C)C)c3)CC2)nn1. The molecule has 0 spiro atoms. The Labute approximate surface area is 272 Å². The van der Waals surface area contributed by atoms with E-state index in [4.69, 9.17) is 0 Å². The number of rotatable bonds is 6. The molecule has 4 bridgehead atoms. The van der Waals surface area contributed by atoms with Gasteiger partial charge in [-0.2, -0.15) is 0 Å². The smallest absolute Gasteiger partial charge is 0.274 e. The van der Waals surface area contributed by atoms with Crippen LogP contribution in [0.4, 0.5) is 5.82 Å². The third-order valence-corrected chi connectivity index (χ3v) is 11.1. The van der Waals surface area contributed by atoms with Crippen molar-refractivity contribution >= 4 is 17.6 Å². The molecule has 1 aromatic heterocycles. The fourth-order valence-electron chi connectivity index (χ4n) is 9.22. The molecule has 0 unspecified atom stereocenters. The largest absolute Gasteiger partial charge is 0.508 e. The maximum Gasteiger partial charge on any atom is 0.274 e. The summed E-state index contributed by atoms with van der Waals surface area (Å²) < 4.78 is 0. The normalized spacial score (nSPS) is 25.5. The van der Waals surface area contributed by atoms with Crippen LogP contribution in [-0.4, -0.2) is 76.7 Å². The van der Waals surface area contributed by atoms with Crippen LogP contribution >= 0.6 is 0 Å². The molecule has 1 N–H and O–H groups in total. The number of carbonyl (C=O) groups excluding carboxylic acids is 2. The van der Waals surface area contributed by atoms with Crippen LogP contribution in [0, 0.1) is 23.2 Å². The highest BCUT2D eigenvalue weighted by molar-refractivity contribution is 5.96. The summed E-state index contributed by atoms with van der Waals surface area (Å²) in [4.78, 5) is 33.1. The number of aromatic nitrogens is 2. The number of amides is 2. The van der Waals surface area contributed by atoms with Crippen LogP contribution in [0.25, 0.3) is 11.1 Å². The van der Waals surface area contributed by atoms with Crippen molar-refractivity contribution in [3.05, 3.63) is 71.4 Å². The van der Waals surface area contributed by atoms with Crippen molar-refractivity contribution in [1.82, 2.24) is 20.0 Å². The van der Waals surface area contributed by atoms with Crippen molar-refractivity contribution in [2.24, 2.45) is 23.2 Å². The first kappa shape index (κ1) is 30.7. The second-order valence-electron chi connectivity index (χ2n) is 15.7. The van der Waals surface area contributed by atoms with Crippen molar-refractivity contribution in [3.8, 4) is 16.9 Å². The minimum absolute atomic E-state index is 0.00115. The standard InChI is InChI=1S/C38H47N5O3/c1-37(2,3)31-18-29(28-6-5-7-32(44)20-28)17-30(19-31)35(45)43-12-10-42(11-13-43)34-9-8-33(39-40-34)36(46)41(4)24-38-21-25-14-26(22-38)16-27(15-25)23-38/h5-9,17-20,25-27,44H,10-16,21-24H2,1-4H3. The lowest BCUT2D eigenvalue weighted by atomic mass is 9.49. The van der Waals surface area contributed by atoms with E-state index in [-0.39, 0.29) is 23.0 Å². The van der Waals surface area contributed by atoms with Crippen molar-refractivity contribution in [2.45, 2.75) is 64.7 Å². The van der Waals surface area contributed by atoms with Gasteiger partial charge in [-0.25, -0.2) is 0 Å². The highest BCUT2D eigenvalue weighted by atomic mass is 16.3. The van der Waals surface area contributed by atoms with E-state index >= 15 is 0 Å². The van der Waals surface area contributed by atoms with Crippen molar-refractivity contribution < 1.29 is 14.7 Å². The lowest BCUT2D eigenvalue weighted by Gasteiger charge is -2.57. The molecule has 4 saturated carbocycles. The predicted octanol–water partition coefficient (Wildman–Crippen LogP) is 6.40. The van der Waals surface area contributed by atoms with Crippen LogP contribution in [0.1, 0.15) is 85.7 Å². The van der Waals surface area contributed by atoms with E-state index in [0.717, 1.165) is 46.8 Å². The van der Waals surface area contributed by atoms with Crippen molar-refractivity contribution in [3.63, 3.8) is 0 Å². The van der Waals surface area contributed by atoms with Crippen molar-refractivity contribution in [1.29, 1.82) is 0 Å². The number of hydrogen-bond donors (Lipinski definition) is 1. The molecule has 46 heavy (non-hydrogen) atoms. The average molecular weight is 622 g/mol. The second-order valence-corrected chi connectivity index (χ2v) is 15.7. The molecule has 8 nitrogen and oxygen atoms in total. The number of phenolic OH excluding ortho intramolecular Hbond substituents is 1. The van der Waals surface area contributed by atoms with Gasteiger partial charge in [-0.3, -0.25) is 9.59 Å². The third kappa shape index (κ3) is 6.10. The van der Waals surface area contributed by atoms with Crippen LogP contribution in [0.5, 0.6) is 5.75 Å². The molecule has 8 heteroatoms. The van der Waals surface area contributed by atoms with Gasteiger partial charge >= 0.3 is 0 Å². The van der Waals surface area contributed by atoms with Crippen LogP contribution in [0.2, 0.25) is 0 Å². The fourth-order valence-corrected chi connectivity index (χ4v) is 9.22. The predicted molar refractivity (Wildman–Crippen MR) is 180 cm³/mol. The Kier molecular flexibility index (Phi) is 7.81. The summed E-state index contributed by atoms with van der Waals surface area (Å²) in [5.74, 6) is 3.47. The van der Waals surface area contributed by atoms with Gasteiger partial charge in [-0.05, 0) is 120 Å². The summed E-state index contributed by atoms with van der Waals surface area (Å²) in [6.07, 6.45) is 8.03. The number of hydrogen-bond acceptors (Lipinski definition) is 6. The van der Waals surface area contributed by atoms with Gasteiger partial charge in [0.2, 0.25) is 0 Å². The van der Waals surface area contributed by atoms with E-state index in [9.17, 15) is 14.7 Å². The highest BCUT2D eigenvalue weighted by Gasteiger charge is 2.51. The minimum atomic E-state index is -0.142. The molecule has 2 heterocycles. The van der Waals surface area contributed by atoms with E-state index < -0.39 is 0 Å². The van der Waals surface area contributed by atoms with Crippen LogP contribution in [0.3, 0.4) is 0 Å². The molecule has 3 aromatic rings. The molecule has 5 fully saturated rings. The van der Waals surface area contributed by atoms with E-state index in [2.05, 4.69) is 41.9 Å². The van der Waals surface area contributed by atoms with Gasteiger partial charge in [0.15, 0.2) is 11.5 Å². The minimum Gasteiger partial charge on any atom is -0.508 e. The van der Waals surface area contributed by atoms with Crippen LogP contribution < -0.4 is 4.90 Å². The Morgan fingerprint density at radius 2 is 1.54 bits per heavy atom. The van der Waals surface area contributed by atoms with E-state index in [1.807, 2.05) is 47.2 Å². The molecule has 2 amide bonds. The fraction of sp³-hybridized carbons (Fsp3) is 0.526. The number of piperazine rings is 1. The second kappa shape index (κ2) is 11.7. The van der Waals surface area contributed by atoms with Crippen molar-refractivity contribution in [2.75, 3.05) is 44.7 Å². The first-order valence-corrected chi connectivity index (χ1v) is 17.0. The Balaban J connectivity index is 0.986. The molecule has 242 valence electrons. The molecular formula is C38H47N5O3. The average Bonchev–Trinajstić information content (AvgIpc) is 3.03. The van der Waals surface area contributed by atoms with Gasteiger partial charge in [0, 0.05) is 45.3 Å². The topological polar surface area (TPSA) is 89.9 Å². The molecular weight excluding hydrogens is 574 g/mol. The molecule has 1 saturated heterocycles. The van der Waals surface area contributed by atoms with Crippen LogP contribution in [0.15, 0.2) is 54.6 Å². The Hall–Kier alpha value is -3.94. The van der Waals surface area contributed by atoms with Gasteiger partial charge in [-0.1, -0.05) is 39.0 Å². The van der Waals surface area contributed by atoms with E-state index in [1.54, 1.807) is 18.2 Å². The maximum atomic E-state index is 13.8. The highest BCUT2D eigenvalue weighted by Crippen LogP contribution is 2.60. The van der Waals surface area contributed by atoms with Gasteiger partial charge in [-0.15, -0.1) is 10.2 Å². The number of phenols is 1. The summed E-state index contributed by atoms with van der Waals surface area (Å²) in [7, 11) is 1.93. The maximum absolute atomic E-state index is 13.8. The molecule has 8 rings (SSSR count). The zero-order valence-electron chi connectivity index (χ0n) is 27.7. The Morgan fingerprint density at radius 3 is 2.13 bits per heavy atom. The number of benzene rings is 2. The summed E-state index contributed by atoms with van der Waals surface area (Å²) in [6, 6.07) is 16.9. The summed E-state index contributed by atoms with van der Waals surface area (Å²) >= 11 is 0. The van der Waals surface area contributed by atoms with Gasteiger partial charge in [0.05, 0.1) is 0 Å². The van der Waals surface area contributed by atoms with Gasteiger partial charge < -0.3 is 19.8 Å². The molecule has 2 aromatic carbocycles. The molecule has 0 radical (unpaired) electrons. The quantitative estimate of drug-likeness (QED) is 0.343. The molecule has 0 atom stereocenters. The van der Waals surface area contributed by atoms with E-state index in [0.29, 0.717) is 42.9 Å². The zero-order chi connectivity index (χ0) is 32.2. The summed E-state index contributed by atoms with van der Waals surface area (Å²) in [6.45, 7) is 9.65. The number of nitrogens with zero attached hydrogens (tertiary/aromatic N) is 5. The van der Waals surface area contributed by atoms with Gasteiger partial charge in [0.25, 0.3) is 11.8 Å². The Bertz CT molecular complexity index is 1580. The molecule has 1 aliphatic heterocycles. The third-order valence-electron chi connectivity index (χ3n) is 11.1. The number of carbonyl (C=O) groups is 2. The number of anilines is 1.